The van der Waals surface area contributed by atoms with Gasteiger partial charge in [-0.25, -0.2) is 0 Å². The maximum atomic E-state index is 10.5. The van der Waals surface area contributed by atoms with Gasteiger partial charge in [0.05, 0.1) is 43.5 Å². The molecule has 0 atom stereocenters. The molecule has 0 spiro atoms. The Morgan fingerprint density at radius 3 is 1.28 bits per heavy atom. The van der Waals surface area contributed by atoms with Crippen molar-refractivity contribution in [2.75, 3.05) is 91.6 Å². The molecule has 0 saturated carbocycles. The molecule has 0 aromatic heterocycles. The summed E-state index contributed by atoms with van der Waals surface area (Å²) in [6.45, 7) is 29.8. The predicted octanol–water partition coefficient (Wildman–Crippen LogP) is 12.0. The first-order chi connectivity index (χ1) is 39.2. The Labute approximate surface area is 516 Å². The molecule has 0 radical (unpaired) electrons. The Bertz CT molecular complexity index is 3090. The summed E-state index contributed by atoms with van der Waals surface area (Å²) in [6, 6.07) is 29.1. The number of nitrogens with one attached hydrogen (secondary N) is 1. The lowest BCUT2D eigenvalue weighted by atomic mass is 9.49. The highest BCUT2D eigenvalue weighted by atomic mass is 79.9. The number of hydrogen-bond donors (Lipinski definition) is 2. The average molecular weight is 1230 g/mol. The largest absolute Gasteiger partial charge is 0.494 e. The topological polar surface area (TPSA) is 193 Å². The lowest BCUT2D eigenvalue weighted by Gasteiger charge is -2.32. The molecular weight excluding hydrogens is 1140 g/mol. The number of nitrogen functional groups attached to an aromatic ring is 1. The SMILES string of the molecule is C.CC1(C)OB(B2OC(C)(C)C(C)(C)O2)OC1(C)C.CN1CCc2cc(B3OC(C)(C)C(C)(C)O3)ccc21.CN1CCc2cc(Br)ccc21.CN1CCc2cc(N)ccc21.CN1CCc2cc([N+](=O)[O-])ccc21.O=[N+]([O-])c1ccc2c(c1)CCN2.[HH]. The molecule has 8 aliphatic rings. The number of hydrogen-bond acceptors (Lipinski definition) is 16. The van der Waals surface area contributed by atoms with Crippen molar-refractivity contribution in [3.63, 3.8) is 0 Å². The number of nitrogens with two attached hydrogens (primary N) is 1. The number of nitro benzene ring substituents is 2. The number of fused-ring (bicyclic) bond motifs is 5. The van der Waals surface area contributed by atoms with Crippen molar-refractivity contribution >= 4 is 88.0 Å². The van der Waals surface area contributed by atoms with E-state index in [2.05, 4.69) is 138 Å². The maximum absolute atomic E-state index is 10.5. The standard InChI is InChI=1S/C15H22BNO2.C12H24B2O4.C9H10BrN.C9H10N2O2.C9H12N2.C8H8N2O2.CH4.H2/c1-14(2)15(3,4)19-16(18-14)12-6-7-13-11(10-12)8-9-17(13)5;1-9(2)10(3,4)16-13(15-9)14-17-11(5,6)12(7,8)18-14;1-11-5-4-7-6-8(10)2-3-9(7)11;1-10-5-4-7-6-8(11(12)13)2-3-9(7)10;1-11-5-4-7-6-8(10)2-3-9(7)11;11-10(12)7-1-2-8-6(5-7)3-4-9-8;;/h6-7,10H,8-9H2,1-5H3;1-8H3;2-3,6H,4-5H2,1H3;2-3,6H,4-5H2,1H3;2-3,6H,4-5,10H2,1H3;1-2,5,9H,3-4H2;1H4;1H. The van der Waals surface area contributed by atoms with E-state index in [1.54, 1.807) is 24.3 Å². The van der Waals surface area contributed by atoms with Crippen LogP contribution in [0.25, 0.3) is 0 Å². The van der Waals surface area contributed by atoms with E-state index in [1.807, 2.05) is 74.6 Å². The van der Waals surface area contributed by atoms with Crippen LogP contribution in [0.5, 0.6) is 0 Å². The van der Waals surface area contributed by atoms with Crippen molar-refractivity contribution in [2.24, 2.45) is 0 Å². The normalized spacial score (nSPS) is 20.2. The van der Waals surface area contributed by atoms with Gasteiger partial charge in [0.2, 0.25) is 0 Å². The highest BCUT2D eigenvalue weighted by Gasteiger charge is 2.64. The van der Waals surface area contributed by atoms with Gasteiger partial charge in [-0.05, 0) is 203 Å². The van der Waals surface area contributed by atoms with E-state index in [1.165, 1.54) is 50.7 Å². The second-order valence-corrected chi connectivity index (χ2v) is 26.8. The monoisotopic (exact) mass is 1230 g/mol. The van der Waals surface area contributed by atoms with Gasteiger partial charge in [0.1, 0.15) is 0 Å². The van der Waals surface area contributed by atoms with Crippen LogP contribution < -0.4 is 36.1 Å². The molecule has 0 unspecified atom stereocenters. The van der Waals surface area contributed by atoms with E-state index in [9.17, 15) is 20.2 Å². The summed E-state index contributed by atoms with van der Waals surface area (Å²) in [5.41, 5.74) is 18.6. The molecule has 3 saturated heterocycles. The van der Waals surface area contributed by atoms with Crippen LogP contribution >= 0.6 is 15.9 Å². The molecule has 0 bridgehead atoms. The summed E-state index contributed by atoms with van der Waals surface area (Å²) in [6.07, 6.45) is 5.23. The number of non-ortho nitro benzene ring substituents is 2. The number of benzene rings is 5. The number of halogens is 1. The quantitative estimate of drug-likeness (QED) is 0.0746. The van der Waals surface area contributed by atoms with Gasteiger partial charge in [-0.3, -0.25) is 20.2 Å². The number of nitro groups is 2. The molecule has 85 heavy (non-hydrogen) atoms. The van der Waals surface area contributed by atoms with E-state index < -0.39 is 14.0 Å². The summed E-state index contributed by atoms with van der Waals surface area (Å²) in [5.74, 6) is 0. The molecule has 3 fully saturated rings. The van der Waals surface area contributed by atoms with Gasteiger partial charge >= 0.3 is 21.1 Å². The predicted molar refractivity (Wildman–Crippen MR) is 354 cm³/mol. The Morgan fingerprint density at radius 1 is 0.482 bits per heavy atom. The second-order valence-electron chi connectivity index (χ2n) is 25.9. The van der Waals surface area contributed by atoms with Gasteiger partial charge in [-0.2, -0.15) is 0 Å². The highest BCUT2D eigenvalue weighted by Crippen LogP contribution is 2.44. The first-order valence-corrected chi connectivity index (χ1v) is 30.0. The molecule has 8 aliphatic heterocycles. The fourth-order valence-electron chi connectivity index (χ4n) is 10.9. The molecule has 0 amide bonds. The Balaban J connectivity index is 0.000000166. The third-order valence-corrected chi connectivity index (χ3v) is 18.8. The lowest BCUT2D eigenvalue weighted by molar-refractivity contribution is -0.385. The van der Waals surface area contributed by atoms with Crippen LogP contribution in [0.3, 0.4) is 0 Å². The van der Waals surface area contributed by atoms with Crippen LogP contribution in [0.2, 0.25) is 0 Å². The molecule has 5 aromatic carbocycles. The van der Waals surface area contributed by atoms with Crippen molar-refractivity contribution < 1.29 is 39.2 Å². The van der Waals surface area contributed by atoms with Crippen LogP contribution in [0.15, 0.2) is 95.5 Å². The van der Waals surface area contributed by atoms with E-state index in [0.29, 0.717) is 0 Å². The average Bonchev–Trinajstić information content (AvgIpc) is 1.74. The minimum Gasteiger partial charge on any atom is -0.405 e. The minimum absolute atomic E-state index is 0. The first-order valence-electron chi connectivity index (χ1n) is 29.2. The zero-order valence-corrected chi connectivity index (χ0v) is 53.8. The lowest BCUT2D eigenvalue weighted by Crippen LogP contribution is -2.41. The molecule has 460 valence electrons. The van der Waals surface area contributed by atoms with E-state index in [4.69, 9.17) is 33.7 Å². The Hall–Kier alpha value is -5.87. The number of anilines is 6. The van der Waals surface area contributed by atoms with Crippen molar-refractivity contribution in [1.82, 2.24) is 0 Å². The molecule has 13 rings (SSSR count). The molecule has 5 aromatic rings. The third-order valence-electron chi connectivity index (χ3n) is 18.3. The summed E-state index contributed by atoms with van der Waals surface area (Å²) in [5, 5.41) is 24.0. The van der Waals surface area contributed by atoms with Crippen molar-refractivity contribution in [1.29, 1.82) is 0 Å². The smallest absolute Gasteiger partial charge is 0.405 e. The molecule has 22 heteroatoms. The van der Waals surface area contributed by atoms with Crippen molar-refractivity contribution in [3.8, 4) is 0 Å². The fraction of sp³-hybridized carbons (Fsp3) is 0.524. The van der Waals surface area contributed by atoms with E-state index in [-0.39, 0.29) is 70.8 Å². The summed E-state index contributed by atoms with van der Waals surface area (Å²) in [7, 11) is 7.19. The molecule has 8 heterocycles. The fourth-order valence-corrected chi connectivity index (χ4v) is 11.3. The Morgan fingerprint density at radius 2 is 0.835 bits per heavy atom. The van der Waals surface area contributed by atoms with Gasteiger partial charge in [0.15, 0.2) is 0 Å². The van der Waals surface area contributed by atoms with Crippen LogP contribution in [0.4, 0.5) is 45.5 Å². The zero-order valence-electron chi connectivity index (χ0n) is 52.2. The van der Waals surface area contributed by atoms with Gasteiger partial charge in [0.25, 0.3) is 11.4 Å². The van der Waals surface area contributed by atoms with E-state index in [0.717, 1.165) is 92.1 Å². The minimum atomic E-state index is -0.476. The van der Waals surface area contributed by atoms with Crippen LogP contribution in [-0.2, 0) is 60.0 Å². The van der Waals surface area contributed by atoms with Crippen LogP contribution in [-0.4, -0.2) is 126 Å². The van der Waals surface area contributed by atoms with Gasteiger partial charge in [-0.1, -0.05) is 35.5 Å². The number of nitrogens with zero attached hydrogens (tertiary/aromatic N) is 6. The Kier molecular flexibility index (Phi) is 20.3. The van der Waals surface area contributed by atoms with Crippen LogP contribution in [0.1, 0.15) is 120 Å². The molecule has 0 aliphatic carbocycles. The van der Waals surface area contributed by atoms with Crippen molar-refractivity contribution in [3.05, 3.63) is 144 Å². The number of likely N-dealkylation sites (N-methyl/N-ethyl adjacent to an activating group) is 4. The van der Waals surface area contributed by atoms with Gasteiger partial charge in [-0.15, -0.1) is 0 Å². The van der Waals surface area contributed by atoms with Gasteiger partial charge in [0, 0.05) is 125 Å². The maximum Gasteiger partial charge on any atom is 0.494 e. The highest BCUT2D eigenvalue weighted by molar-refractivity contribution is 9.10. The molecule has 18 nitrogen and oxygen atoms in total. The van der Waals surface area contributed by atoms with Crippen molar-refractivity contribution in [2.45, 2.75) is 156 Å². The summed E-state index contributed by atoms with van der Waals surface area (Å²) < 4.78 is 37.2. The first kappa shape index (κ1) is 66.7. The zero-order chi connectivity index (χ0) is 61.5. The molecular formula is C63H92B3BrN8O10. The third kappa shape index (κ3) is 14.9. The second kappa shape index (κ2) is 25.8. The summed E-state index contributed by atoms with van der Waals surface area (Å²) >= 11 is 3.47. The number of rotatable bonds is 4. The van der Waals surface area contributed by atoms with Crippen LogP contribution in [0, 0.1) is 20.2 Å². The summed E-state index contributed by atoms with van der Waals surface area (Å²) in [4.78, 5) is 29.1. The van der Waals surface area contributed by atoms with Gasteiger partial charge < -0.3 is 58.6 Å². The van der Waals surface area contributed by atoms with E-state index >= 15 is 0 Å². The molecule has 3 N–H and O–H groups in total.